The number of benzene rings is 2. The molecule has 2 amide bonds. The van der Waals surface area contributed by atoms with Gasteiger partial charge in [0.05, 0.1) is 5.56 Å². The fraction of sp³-hybridized carbons (Fsp3) is 0.0556. The molecule has 25 heavy (non-hydrogen) atoms. The molecule has 7 heteroatoms. The second-order valence-electron chi connectivity index (χ2n) is 5.24. The summed E-state index contributed by atoms with van der Waals surface area (Å²) in [6.07, 6.45) is 1.26. The summed E-state index contributed by atoms with van der Waals surface area (Å²) in [5.41, 5.74) is 4.39. The summed E-state index contributed by atoms with van der Waals surface area (Å²) in [5, 5.41) is 2.08. The largest absolute Gasteiger partial charge is 0.484 e. The van der Waals surface area contributed by atoms with Gasteiger partial charge in [-0.3, -0.25) is 25.2 Å². The fourth-order valence-electron chi connectivity index (χ4n) is 2.19. The molecule has 0 unspecified atom stereocenters. The Balaban J connectivity index is 1.51. The van der Waals surface area contributed by atoms with E-state index in [4.69, 9.17) is 4.74 Å². The number of hydrogen-bond donors (Lipinski definition) is 3. The van der Waals surface area contributed by atoms with Crippen molar-refractivity contribution in [3.05, 3.63) is 76.7 Å². The third kappa shape index (κ3) is 4.23. The number of fused-ring (bicyclic) bond motifs is 1. The lowest BCUT2D eigenvalue weighted by atomic mass is 10.1. The summed E-state index contributed by atoms with van der Waals surface area (Å²) in [6.45, 7) is -0.246. The normalized spacial score (nSPS) is 10.2. The highest BCUT2D eigenvalue weighted by atomic mass is 16.5. The van der Waals surface area contributed by atoms with Crippen molar-refractivity contribution in [2.45, 2.75) is 0 Å². The van der Waals surface area contributed by atoms with Crippen molar-refractivity contribution in [1.29, 1.82) is 0 Å². The average Bonchev–Trinajstić information content (AvgIpc) is 2.65. The minimum Gasteiger partial charge on any atom is -0.484 e. The number of ether oxygens (including phenoxy) is 1. The summed E-state index contributed by atoms with van der Waals surface area (Å²) < 4.78 is 5.42. The SMILES string of the molecule is O=C(COc1ccc2ccccc2c1)NNC(=O)c1ccc(=O)[nH]c1. The Hall–Kier alpha value is -3.61. The third-order valence-corrected chi connectivity index (χ3v) is 3.45. The van der Waals surface area contributed by atoms with Crippen LogP contribution in [0.25, 0.3) is 10.8 Å². The van der Waals surface area contributed by atoms with Crippen LogP contribution in [0, 0.1) is 0 Å². The number of carbonyl (C=O) groups is 2. The van der Waals surface area contributed by atoms with Gasteiger partial charge in [0, 0.05) is 12.3 Å². The zero-order valence-corrected chi connectivity index (χ0v) is 13.1. The van der Waals surface area contributed by atoms with Crippen LogP contribution in [0.4, 0.5) is 0 Å². The van der Waals surface area contributed by atoms with E-state index in [1.54, 1.807) is 6.07 Å². The van der Waals surface area contributed by atoms with E-state index in [9.17, 15) is 14.4 Å². The van der Waals surface area contributed by atoms with Gasteiger partial charge in [0.15, 0.2) is 6.61 Å². The van der Waals surface area contributed by atoms with Crippen LogP contribution < -0.4 is 21.1 Å². The molecule has 1 heterocycles. The van der Waals surface area contributed by atoms with E-state index in [1.807, 2.05) is 36.4 Å². The Bertz CT molecular complexity index is 961. The molecule has 3 N–H and O–H groups in total. The Morgan fingerprint density at radius 2 is 1.76 bits per heavy atom. The standard InChI is InChI=1S/C18H15N3O4/c22-16-8-6-14(10-19-16)18(24)21-20-17(23)11-25-15-7-5-12-3-1-2-4-13(12)9-15/h1-10H,11H2,(H,19,22)(H,20,23)(H,21,24). The first kappa shape index (κ1) is 16.3. The molecule has 0 aliphatic heterocycles. The molecule has 0 atom stereocenters. The van der Waals surface area contributed by atoms with Crippen LogP contribution in [0.5, 0.6) is 5.75 Å². The van der Waals surface area contributed by atoms with E-state index in [2.05, 4.69) is 15.8 Å². The average molecular weight is 337 g/mol. The Kier molecular flexibility index (Phi) is 4.75. The highest BCUT2D eigenvalue weighted by Crippen LogP contribution is 2.20. The number of H-pyrrole nitrogens is 1. The number of hydrogen-bond acceptors (Lipinski definition) is 4. The third-order valence-electron chi connectivity index (χ3n) is 3.45. The van der Waals surface area contributed by atoms with Crippen LogP contribution in [-0.2, 0) is 4.79 Å². The van der Waals surface area contributed by atoms with Crippen molar-refractivity contribution in [2.75, 3.05) is 6.61 Å². The minimum atomic E-state index is -0.546. The number of rotatable bonds is 4. The quantitative estimate of drug-likeness (QED) is 0.626. The second-order valence-corrected chi connectivity index (χ2v) is 5.24. The lowest BCUT2D eigenvalue weighted by Gasteiger charge is -2.09. The summed E-state index contributed by atoms with van der Waals surface area (Å²) in [5.74, 6) is -0.498. The van der Waals surface area contributed by atoms with Gasteiger partial charge in [-0.25, -0.2) is 0 Å². The van der Waals surface area contributed by atoms with Crippen LogP contribution >= 0.6 is 0 Å². The lowest BCUT2D eigenvalue weighted by molar-refractivity contribution is -0.123. The van der Waals surface area contributed by atoms with Gasteiger partial charge in [-0.1, -0.05) is 30.3 Å². The molecule has 3 rings (SSSR count). The number of pyridine rings is 1. The molecule has 0 saturated heterocycles. The predicted octanol–water partition coefficient (Wildman–Crippen LogP) is 1.37. The molecule has 0 bridgehead atoms. The number of hydrazine groups is 1. The first-order chi connectivity index (χ1) is 12.1. The smallest absolute Gasteiger partial charge is 0.276 e. The maximum absolute atomic E-state index is 11.8. The van der Waals surface area contributed by atoms with Crippen LogP contribution in [0.1, 0.15) is 10.4 Å². The molecule has 3 aromatic rings. The van der Waals surface area contributed by atoms with Crippen molar-refractivity contribution in [1.82, 2.24) is 15.8 Å². The van der Waals surface area contributed by atoms with Crippen LogP contribution in [0.3, 0.4) is 0 Å². The number of nitrogens with one attached hydrogen (secondary N) is 3. The van der Waals surface area contributed by atoms with Crippen molar-refractivity contribution >= 4 is 22.6 Å². The molecule has 0 fully saturated rings. The summed E-state index contributed by atoms with van der Waals surface area (Å²) >= 11 is 0. The zero-order valence-electron chi connectivity index (χ0n) is 13.1. The molecular weight excluding hydrogens is 322 g/mol. The van der Waals surface area contributed by atoms with Gasteiger partial charge in [0.25, 0.3) is 11.8 Å². The molecular formula is C18H15N3O4. The van der Waals surface area contributed by atoms with Gasteiger partial charge >= 0.3 is 0 Å². The predicted molar refractivity (Wildman–Crippen MR) is 92.1 cm³/mol. The topological polar surface area (TPSA) is 100 Å². The van der Waals surface area contributed by atoms with Crippen LogP contribution in [0.15, 0.2) is 65.6 Å². The van der Waals surface area contributed by atoms with Gasteiger partial charge in [-0.05, 0) is 29.0 Å². The highest BCUT2D eigenvalue weighted by Gasteiger charge is 2.08. The first-order valence-corrected chi connectivity index (χ1v) is 7.51. The van der Waals surface area contributed by atoms with Crippen molar-refractivity contribution in [2.24, 2.45) is 0 Å². The maximum atomic E-state index is 11.8. The van der Waals surface area contributed by atoms with Crippen LogP contribution in [0.2, 0.25) is 0 Å². The summed E-state index contributed by atoms with van der Waals surface area (Å²) in [6, 6.07) is 15.9. The molecule has 126 valence electrons. The Morgan fingerprint density at radius 3 is 2.52 bits per heavy atom. The van der Waals surface area contributed by atoms with E-state index in [0.29, 0.717) is 5.75 Å². The van der Waals surface area contributed by atoms with Crippen molar-refractivity contribution < 1.29 is 14.3 Å². The zero-order chi connectivity index (χ0) is 17.6. The molecule has 7 nitrogen and oxygen atoms in total. The summed E-state index contributed by atoms with van der Waals surface area (Å²) in [4.78, 5) is 36.9. The van der Waals surface area contributed by atoms with Gasteiger partial charge in [-0.2, -0.15) is 0 Å². The number of aromatic nitrogens is 1. The molecule has 0 aliphatic carbocycles. The van der Waals surface area contributed by atoms with Gasteiger partial charge in [0.2, 0.25) is 5.56 Å². The van der Waals surface area contributed by atoms with Gasteiger partial charge < -0.3 is 9.72 Å². The maximum Gasteiger partial charge on any atom is 0.276 e. The monoisotopic (exact) mass is 337 g/mol. The van der Waals surface area contributed by atoms with E-state index in [1.165, 1.54) is 18.3 Å². The molecule has 0 aliphatic rings. The fourth-order valence-corrected chi connectivity index (χ4v) is 2.19. The molecule has 1 aromatic heterocycles. The lowest BCUT2D eigenvalue weighted by Crippen LogP contribution is -2.43. The number of carbonyl (C=O) groups excluding carboxylic acids is 2. The van der Waals surface area contributed by atoms with E-state index in [0.717, 1.165) is 10.8 Å². The molecule has 0 saturated carbocycles. The second kappa shape index (κ2) is 7.31. The molecule has 0 spiro atoms. The highest BCUT2D eigenvalue weighted by molar-refractivity contribution is 5.95. The van der Waals surface area contributed by atoms with Gasteiger partial charge in [0.1, 0.15) is 5.75 Å². The van der Waals surface area contributed by atoms with Crippen molar-refractivity contribution in [3.63, 3.8) is 0 Å². The van der Waals surface area contributed by atoms with E-state index in [-0.39, 0.29) is 17.7 Å². The number of amides is 2. The molecule has 2 aromatic carbocycles. The van der Waals surface area contributed by atoms with Crippen LogP contribution in [-0.4, -0.2) is 23.4 Å². The van der Waals surface area contributed by atoms with Crippen molar-refractivity contribution in [3.8, 4) is 5.75 Å². The molecule has 0 radical (unpaired) electrons. The Morgan fingerprint density at radius 1 is 0.960 bits per heavy atom. The summed E-state index contributed by atoms with van der Waals surface area (Å²) in [7, 11) is 0. The first-order valence-electron chi connectivity index (χ1n) is 7.51. The van der Waals surface area contributed by atoms with E-state index < -0.39 is 11.8 Å². The van der Waals surface area contributed by atoms with Gasteiger partial charge in [-0.15, -0.1) is 0 Å². The number of aromatic amines is 1. The Labute approximate surface area is 142 Å². The minimum absolute atomic E-state index is 0.218. The van der Waals surface area contributed by atoms with E-state index >= 15 is 0 Å².